The normalized spacial score (nSPS) is 16.5. The maximum absolute atomic E-state index is 8.76. The van der Waals surface area contributed by atoms with Gasteiger partial charge in [-0.05, 0) is 31.9 Å². The van der Waals surface area contributed by atoms with Crippen LogP contribution in [0.2, 0.25) is 0 Å². The molecule has 0 saturated carbocycles. The molecule has 0 atom stereocenters. The van der Waals surface area contributed by atoms with Gasteiger partial charge < -0.3 is 14.6 Å². The zero-order chi connectivity index (χ0) is 18.6. The number of unbranched alkanes of at least 4 members (excludes halogenated alkanes) is 8. The summed E-state index contributed by atoms with van der Waals surface area (Å²) < 4.78 is 13.0. The lowest BCUT2D eigenvalue weighted by atomic mass is 10.0. The molecule has 0 bridgehead atoms. The highest BCUT2D eigenvalue weighted by Gasteiger charge is 2.24. The van der Waals surface area contributed by atoms with E-state index in [9.17, 15) is 0 Å². The summed E-state index contributed by atoms with van der Waals surface area (Å²) in [6.45, 7) is 3.02. The fourth-order valence-electron chi connectivity index (χ4n) is 3.33. The van der Waals surface area contributed by atoms with Gasteiger partial charge in [0.05, 0.1) is 6.61 Å². The van der Waals surface area contributed by atoms with Crippen molar-refractivity contribution in [2.75, 3.05) is 13.2 Å². The minimum atomic E-state index is 0.338. The number of aliphatic hydroxyl groups is 1. The molecule has 0 saturated heterocycles. The monoisotopic (exact) mass is 424 g/mol. The van der Waals surface area contributed by atoms with Crippen molar-refractivity contribution in [3.63, 3.8) is 0 Å². The molecule has 1 N–H and O–H groups in total. The fourth-order valence-corrected chi connectivity index (χ4v) is 3.81. The van der Waals surface area contributed by atoms with Gasteiger partial charge >= 0.3 is 0 Å². The van der Waals surface area contributed by atoms with Gasteiger partial charge in [-0.1, -0.05) is 67.0 Å². The van der Waals surface area contributed by atoms with Gasteiger partial charge in [0.25, 0.3) is 0 Å². The first-order valence-electron chi connectivity index (χ1n) is 10.2. The van der Waals surface area contributed by atoms with Crippen LogP contribution in [0.5, 0.6) is 0 Å². The van der Waals surface area contributed by atoms with Crippen molar-refractivity contribution in [3.8, 4) is 0 Å². The first kappa shape index (κ1) is 21.3. The summed E-state index contributed by atoms with van der Waals surface area (Å²) in [7, 11) is 0. The van der Waals surface area contributed by atoms with Crippen molar-refractivity contribution in [2.45, 2.75) is 77.6 Å². The molecule has 0 aromatic heterocycles. The molecular weight excluding hydrogens is 392 g/mol. The van der Waals surface area contributed by atoms with Gasteiger partial charge in [0.15, 0.2) is 5.76 Å². The Morgan fingerprint density at radius 1 is 1.00 bits per heavy atom. The Kier molecular flexibility index (Phi) is 10.2. The highest BCUT2D eigenvalue weighted by atomic mass is 79.9. The first-order valence-corrected chi connectivity index (χ1v) is 11.0. The average molecular weight is 425 g/mol. The van der Waals surface area contributed by atoms with Crippen molar-refractivity contribution in [1.29, 1.82) is 0 Å². The van der Waals surface area contributed by atoms with Crippen molar-refractivity contribution in [1.82, 2.24) is 0 Å². The van der Waals surface area contributed by atoms with E-state index in [1.54, 1.807) is 0 Å². The van der Waals surface area contributed by atoms with Crippen LogP contribution >= 0.6 is 15.9 Å². The van der Waals surface area contributed by atoms with Gasteiger partial charge in [-0.15, -0.1) is 0 Å². The van der Waals surface area contributed by atoms with Gasteiger partial charge in [-0.3, -0.25) is 0 Å². The number of halogens is 1. The first-order chi connectivity index (χ1) is 12.8. The predicted molar refractivity (Wildman–Crippen MR) is 111 cm³/mol. The molecule has 1 aliphatic carbocycles. The van der Waals surface area contributed by atoms with E-state index < -0.39 is 0 Å². The van der Waals surface area contributed by atoms with E-state index >= 15 is 0 Å². The van der Waals surface area contributed by atoms with Gasteiger partial charge in [0.1, 0.15) is 11.5 Å². The maximum atomic E-state index is 8.76. The van der Waals surface area contributed by atoms with Crippen LogP contribution in [-0.4, -0.2) is 18.3 Å². The van der Waals surface area contributed by atoms with E-state index in [4.69, 9.17) is 14.6 Å². The van der Waals surface area contributed by atoms with E-state index in [0.717, 1.165) is 46.6 Å². The van der Waals surface area contributed by atoms with Gasteiger partial charge in [0.2, 0.25) is 0 Å². The van der Waals surface area contributed by atoms with E-state index in [1.807, 2.05) is 6.92 Å². The second-order valence-corrected chi connectivity index (χ2v) is 7.77. The van der Waals surface area contributed by atoms with Crippen LogP contribution < -0.4 is 0 Å². The second-order valence-electron chi connectivity index (χ2n) is 6.91. The summed E-state index contributed by atoms with van der Waals surface area (Å²) in [6.07, 6.45) is 19.2. The number of fused-ring (bicyclic) bond motifs is 1. The van der Waals surface area contributed by atoms with Gasteiger partial charge in [-0.2, -0.15) is 0 Å². The number of ether oxygens (including phenoxy) is 2. The largest absolute Gasteiger partial charge is 0.494 e. The Hall–Kier alpha value is -1.00. The highest BCUT2D eigenvalue weighted by molar-refractivity contribution is 9.12. The molecule has 2 aliphatic rings. The van der Waals surface area contributed by atoms with Crippen LogP contribution in [0.4, 0.5) is 0 Å². The highest BCUT2D eigenvalue weighted by Crippen LogP contribution is 2.38. The van der Waals surface area contributed by atoms with E-state index in [2.05, 4.69) is 34.2 Å². The number of allylic oxidation sites excluding steroid dienone is 5. The summed E-state index contributed by atoms with van der Waals surface area (Å²) in [5, 5.41) is 8.76. The molecule has 0 unspecified atom stereocenters. The van der Waals surface area contributed by atoms with E-state index in [0.29, 0.717) is 13.2 Å². The Morgan fingerprint density at radius 3 is 2.31 bits per heavy atom. The number of aliphatic hydroxyl groups excluding tert-OH is 1. The molecule has 4 heteroatoms. The van der Waals surface area contributed by atoms with Crippen LogP contribution in [0.15, 0.2) is 45.6 Å². The minimum absolute atomic E-state index is 0.338. The fraction of sp³-hybridized carbons (Fsp3) is 0.636. The molecule has 2 rings (SSSR count). The van der Waals surface area contributed by atoms with Crippen LogP contribution in [0.25, 0.3) is 0 Å². The van der Waals surface area contributed by atoms with Crippen molar-refractivity contribution < 1.29 is 14.6 Å². The summed E-state index contributed by atoms with van der Waals surface area (Å²) >= 11 is 3.62. The molecule has 3 nitrogen and oxygen atoms in total. The molecule has 1 heterocycles. The third-order valence-corrected chi connectivity index (χ3v) is 5.54. The molecule has 0 fully saturated rings. The minimum Gasteiger partial charge on any atom is -0.494 e. The summed E-state index contributed by atoms with van der Waals surface area (Å²) in [4.78, 5) is 0. The zero-order valence-electron chi connectivity index (χ0n) is 16.1. The lowest BCUT2D eigenvalue weighted by molar-refractivity contribution is 0.185. The molecule has 0 amide bonds. The molecule has 0 aromatic carbocycles. The van der Waals surface area contributed by atoms with Crippen molar-refractivity contribution in [3.05, 3.63) is 45.6 Å². The maximum Gasteiger partial charge on any atom is 0.173 e. The standard InChI is InChI=1S/C22H33BrO3/c1-2-25-21-16-15-20(23)19-14-13-18(26-22(19)21)12-10-8-6-4-3-5-7-9-11-17-24/h13-15,24H,2-12,16-17H2,1H3. The SMILES string of the molecule is CCOC1=C2OC(CCCCCCCCCCCO)=CC=C2C(Br)=CC1. The molecule has 0 spiro atoms. The summed E-state index contributed by atoms with van der Waals surface area (Å²) in [6, 6.07) is 0. The molecule has 1 aliphatic heterocycles. The molecule has 0 aromatic rings. The lowest BCUT2D eigenvalue weighted by Gasteiger charge is -2.25. The second kappa shape index (κ2) is 12.4. The van der Waals surface area contributed by atoms with Gasteiger partial charge in [-0.25, -0.2) is 0 Å². The van der Waals surface area contributed by atoms with Crippen LogP contribution in [0.3, 0.4) is 0 Å². The third-order valence-electron chi connectivity index (χ3n) is 4.79. The Balaban J connectivity index is 1.66. The quantitative estimate of drug-likeness (QED) is 0.336. The van der Waals surface area contributed by atoms with E-state index in [-0.39, 0.29) is 0 Å². The Bertz CT molecular complexity index is 558. The topological polar surface area (TPSA) is 38.7 Å². The summed E-state index contributed by atoms with van der Waals surface area (Å²) in [5.41, 5.74) is 1.09. The van der Waals surface area contributed by atoms with Gasteiger partial charge in [0, 0.05) is 29.5 Å². The molecule has 146 valence electrons. The van der Waals surface area contributed by atoms with Crippen LogP contribution in [0, 0.1) is 0 Å². The predicted octanol–water partition coefficient (Wildman–Crippen LogP) is 6.65. The van der Waals surface area contributed by atoms with Crippen LogP contribution in [-0.2, 0) is 9.47 Å². The van der Waals surface area contributed by atoms with Crippen molar-refractivity contribution in [2.24, 2.45) is 0 Å². The molecule has 0 radical (unpaired) electrons. The van der Waals surface area contributed by atoms with E-state index in [1.165, 1.54) is 51.4 Å². The number of hydrogen-bond donors (Lipinski definition) is 1. The molecular formula is C22H33BrO3. The van der Waals surface area contributed by atoms with Crippen LogP contribution in [0.1, 0.15) is 77.6 Å². The number of rotatable bonds is 13. The molecule has 26 heavy (non-hydrogen) atoms. The third kappa shape index (κ3) is 6.96. The smallest absolute Gasteiger partial charge is 0.173 e. The summed E-state index contributed by atoms with van der Waals surface area (Å²) in [5.74, 6) is 2.88. The average Bonchev–Trinajstić information content (AvgIpc) is 2.66. The van der Waals surface area contributed by atoms with Crippen molar-refractivity contribution >= 4 is 15.9 Å². The Morgan fingerprint density at radius 2 is 1.65 bits per heavy atom. The lowest BCUT2D eigenvalue weighted by Crippen LogP contribution is -2.10. The number of hydrogen-bond acceptors (Lipinski definition) is 3. The Labute approximate surface area is 167 Å². The zero-order valence-corrected chi connectivity index (χ0v) is 17.7.